The molecule has 0 atom stereocenters. The zero-order chi connectivity index (χ0) is 20.1. The van der Waals surface area contributed by atoms with Gasteiger partial charge in [-0.2, -0.15) is 0 Å². The molecule has 28 heavy (non-hydrogen) atoms. The molecule has 0 saturated carbocycles. The fourth-order valence-electron chi connectivity index (χ4n) is 2.69. The van der Waals surface area contributed by atoms with Crippen molar-refractivity contribution in [2.45, 2.75) is 13.8 Å². The van der Waals surface area contributed by atoms with Crippen LogP contribution in [0, 0.1) is 19.7 Å². The van der Waals surface area contributed by atoms with Gasteiger partial charge in [0.15, 0.2) is 12.4 Å². The van der Waals surface area contributed by atoms with Crippen molar-refractivity contribution in [1.29, 1.82) is 0 Å². The Hall–Kier alpha value is -3.47. The van der Waals surface area contributed by atoms with Gasteiger partial charge in [-0.25, -0.2) is 4.39 Å². The average molecular weight is 377 g/mol. The van der Waals surface area contributed by atoms with E-state index >= 15 is 0 Å². The minimum atomic E-state index is -0.389. The predicted molar refractivity (Wildman–Crippen MR) is 106 cm³/mol. The Balaban J connectivity index is 1.58. The number of nitrogens with one attached hydrogen (secondary N) is 1. The van der Waals surface area contributed by atoms with E-state index in [1.54, 1.807) is 24.3 Å². The number of halogens is 1. The van der Waals surface area contributed by atoms with Gasteiger partial charge in [-0.15, -0.1) is 0 Å². The van der Waals surface area contributed by atoms with Gasteiger partial charge in [-0.3, -0.25) is 9.59 Å². The van der Waals surface area contributed by atoms with Crippen LogP contribution in [0.2, 0.25) is 0 Å². The van der Waals surface area contributed by atoms with Gasteiger partial charge in [-0.05, 0) is 79.6 Å². The molecule has 0 aliphatic carbocycles. The highest BCUT2D eigenvalue weighted by Crippen LogP contribution is 2.19. The number of rotatable bonds is 6. The van der Waals surface area contributed by atoms with Gasteiger partial charge < -0.3 is 10.1 Å². The number of carbonyl (C=O) groups is 2. The molecule has 0 radical (unpaired) electrons. The molecule has 0 aromatic heterocycles. The second-order valence-corrected chi connectivity index (χ2v) is 6.44. The Morgan fingerprint density at radius 2 is 1.50 bits per heavy atom. The molecule has 142 valence electrons. The molecule has 1 N–H and O–H groups in total. The van der Waals surface area contributed by atoms with Gasteiger partial charge in [0.05, 0.1) is 0 Å². The van der Waals surface area contributed by atoms with Crippen molar-refractivity contribution in [3.63, 3.8) is 0 Å². The first-order valence-corrected chi connectivity index (χ1v) is 8.83. The predicted octanol–water partition coefficient (Wildman–Crippen LogP) is 4.69. The second kappa shape index (κ2) is 8.48. The van der Waals surface area contributed by atoms with Gasteiger partial charge in [0.2, 0.25) is 0 Å². The Morgan fingerprint density at radius 3 is 2.14 bits per heavy atom. The number of hydrogen-bond acceptors (Lipinski definition) is 3. The van der Waals surface area contributed by atoms with Crippen molar-refractivity contribution in [3.8, 4) is 5.75 Å². The molecular formula is C23H20FNO3. The minimum absolute atomic E-state index is 0.140. The third kappa shape index (κ3) is 4.62. The van der Waals surface area contributed by atoms with Crippen LogP contribution in [0.4, 0.5) is 10.1 Å². The molecule has 0 aliphatic rings. The van der Waals surface area contributed by atoms with Crippen molar-refractivity contribution in [2.24, 2.45) is 0 Å². The molecule has 1 amide bonds. The van der Waals surface area contributed by atoms with Crippen LogP contribution >= 0.6 is 0 Å². The molecule has 3 rings (SSSR count). The lowest BCUT2D eigenvalue weighted by Crippen LogP contribution is -2.20. The standard InChI is InChI=1S/C23H20FNO3/c1-15-4-3-5-21(16(15)2)25-22(26)14-28-20-12-8-18(9-13-20)23(27)17-6-10-19(24)11-7-17/h3-13H,14H2,1-2H3,(H,25,26). The maximum Gasteiger partial charge on any atom is 0.262 e. The van der Waals surface area contributed by atoms with Gasteiger partial charge in [0.1, 0.15) is 11.6 Å². The van der Waals surface area contributed by atoms with Crippen LogP contribution in [0.25, 0.3) is 0 Å². The highest BCUT2D eigenvalue weighted by molar-refractivity contribution is 6.09. The van der Waals surface area contributed by atoms with Crippen molar-refractivity contribution in [1.82, 2.24) is 0 Å². The molecule has 0 fully saturated rings. The van der Waals surface area contributed by atoms with Crippen LogP contribution < -0.4 is 10.1 Å². The van der Waals surface area contributed by atoms with Crippen molar-refractivity contribution in [2.75, 3.05) is 11.9 Å². The van der Waals surface area contributed by atoms with Crippen molar-refractivity contribution < 1.29 is 18.7 Å². The maximum absolute atomic E-state index is 13.0. The summed E-state index contributed by atoms with van der Waals surface area (Å²) in [5, 5.41) is 2.83. The molecular weight excluding hydrogens is 357 g/mol. The summed E-state index contributed by atoms with van der Waals surface area (Å²) in [6, 6.07) is 17.6. The SMILES string of the molecule is Cc1cccc(NC(=O)COc2ccc(C(=O)c3ccc(F)cc3)cc2)c1C. The summed E-state index contributed by atoms with van der Waals surface area (Å²) in [6.07, 6.45) is 0. The van der Waals surface area contributed by atoms with E-state index in [4.69, 9.17) is 4.74 Å². The quantitative estimate of drug-likeness (QED) is 0.634. The van der Waals surface area contributed by atoms with Crippen molar-refractivity contribution >= 4 is 17.4 Å². The Morgan fingerprint density at radius 1 is 0.893 bits per heavy atom. The normalized spacial score (nSPS) is 10.4. The topological polar surface area (TPSA) is 55.4 Å². The molecule has 3 aromatic carbocycles. The smallest absolute Gasteiger partial charge is 0.262 e. The summed E-state index contributed by atoms with van der Waals surface area (Å²) < 4.78 is 18.5. The number of benzene rings is 3. The second-order valence-electron chi connectivity index (χ2n) is 6.44. The summed E-state index contributed by atoms with van der Waals surface area (Å²) in [4.78, 5) is 24.5. The van der Waals surface area contributed by atoms with Crippen LogP contribution in [0.1, 0.15) is 27.0 Å². The molecule has 5 heteroatoms. The van der Waals surface area contributed by atoms with E-state index in [1.165, 1.54) is 24.3 Å². The zero-order valence-corrected chi connectivity index (χ0v) is 15.7. The third-order valence-electron chi connectivity index (χ3n) is 4.47. The fourth-order valence-corrected chi connectivity index (χ4v) is 2.69. The molecule has 0 spiro atoms. The number of ketones is 1. The summed E-state index contributed by atoms with van der Waals surface area (Å²) in [6.45, 7) is 3.79. The molecule has 0 saturated heterocycles. The summed E-state index contributed by atoms with van der Waals surface area (Å²) in [5.74, 6) is -0.384. The number of anilines is 1. The zero-order valence-electron chi connectivity index (χ0n) is 15.7. The van der Waals surface area contributed by atoms with Crippen LogP contribution in [-0.2, 0) is 4.79 Å². The highest BCUT2D eigenvalue weighted by Gasteiger charge is 2.10. The van der Waals surface area contributed by atoms with E-state index in [9.17, 15) is 14.0 Å². The minimum Gasteiger partial charge on any atom is -0.484 e. The van der Waals surface area contributed by atoms with E-state index in [2.05, 4.69) is 5.32 Å². The van der Waals surface area contributed by atoms with Gasteiger partial charge in [0.25, 0.3) is 5.91 Å². The maximum atomic E-state index is 13.0. The molecule has 0 heterocycles. The largest absolute Gasteiger partial charge is 0.484 e. The van der Waals surface area contributed by atoms with E-state index in [-0.39, 0.29) is 24.1 Å². The molecule has 4 nitrogen and oxygen atoms in total. The summed E-state index contributed by atoms with van der Waals surface area (Å²) in [7, 11) is 0. The van der Waals surface area contributed by atoms with Crippen LogP contribution in [-0.4, -0.2) is 18.3 Å². The first-order valence-electron chi connectivity index (χ1n) is 8.83. The number of amides is 1. The first kappa shape index (κ1) is 19.3. The van der Waals surface area contributed by atoms with Crippen LogP contribution in [0.15, 0.2) is 66.7 Å². The number of ether oxygens (including phenoxy) is 1. The molecule has 0 aliphatic heterocycles. The van der Waals surface area contributed by atoms with Gasteiger partial charge in [-0.1, -0.05) is 12.1 Å². The monoisotopic (exact) mass is 377 g/mol. The number of hydrogen-bond donors (Lipinski definition) is 1. The van der Waals surface area contributed by atoms with E-state index in [0.717, 1.165) is 16.8 Å². The van der Waals surface area contributed by atoms with Crippen molar-refractivity contribution in [3.05, 3.63) is 94.8 Å². The summed E-state index contributed by atoms with van der Waals surface area (Å²) >= 11 is 0. The first-order chi connectivity index (χ1) is 13.4. The average Bonchev–Trinajstić information content (AvgIpc) is 2.70. The van der Waals surface area contributed by atoms with E-state index in [1.807, 2.05) is 32.0 Å². The molecule has 0 unspecified atom stereocenters. The van der Waals surface area contributed by atoms with E-state index in [0.29, 0.717) is 16.9 Å². The highest BCUT2D eigenvalue weighted by atomic mass is 19.1. The van der Waals surface area contributed by atoms with Gasteiger partial charge >= 0.3 is 0 Å². The lowest BCUT2D eigenvalue weighted by molar-refractivity contribution is -0.118. The Kier molecular flexibility index (Phi) is 5.84. The molecule has 0 bridgehead atoms. The lowest BCUT2D eigenvalue weighted by Gasteiger charge is -2.11. The van der Waals surface area contributed by atoms with Gasteiger partial charge in [0, 0.05) is 16.8 Å². The fraction of sp³-hybridized carbons (Fsp3) is 0.130. The van der Waals surface area contributed by atoms with E-state index < -0.39 is 0 Å². The van der Waals surface area contributed by atoms with Crippen LogP contribution in [0.5, 0.6) is 5.75 Å². The number of carbonyl (C=O) groups excluding carboxylic acids is 2. The lowest BCUT2D eigenvalue weighted by atomic mass is 10.0. The third-order valence-corrected chi connectivity index (χ3v) is 4.47. The number of aryl methyl sites for hydroxylation is 1. The Bertz CT molecular complexity index is 995. The molecule has 3 aromatic rings. The summed E-state index contributed by atoms with van der Waals surface area (Å²) in [5.41, 5.74) is 3.73. The van der Waals surface area contributed by atoms with Crippen LogP contribution in [0.3, 0.4) is 0 Å². The Labute approximate surface area is 163 Å².